The molecule has 1 fully saturated rings. The first kappa shape index (κ1) is 10.3. The standard InChI is InChI=1S/C6H13NO3S2/c1-5(11)7-3-6(4-7)10-12(2,8)9/h5-6,11H,3-4H2,1-2H3. The lowest BCUT2D eigenvalue weighted by Gasteiger charge is -2.40. The van der Waals surface area contributed by atoms with Crippen molar-refractivity contribution in [1.82, 2.24) is 4.90 Å². The lowest BCUT2D eigenvalue weighted by Crippen LogP contribution is -2.54. The minimum absolute atomic E-state index is 0.171. The molecule has 0 bridgehead atoms. The number of hydrogen-bond donors (Lipinski definition) is 1. The van der Waals surface area contributed by atoms with E-state index in [0.29, 0.717) is 13.1 Å². The second-order valence-corrected chi connectivity index (χ2v) is 5.36. The number of thiol groups is 1. The van der Waals surface area contributed by atoms with Crippen LogP contribution in [0.2, 0.25) is 0 Å². The smallest absolute Gasteiger partial charge is 0.264 e. The fourth-order valence-electron chi connectivity index (χ4n) is 1.08. The molecular weight excluding hydrogens is 198 g/mol. The Kier molecular flexibility index (Phi) is 3.03. The van der Waals surface area contributed by atoms with Crippen LogP contribution < -0.4 is 0 Å². The van der Waals surface area contributed by atoms with Crippen molar-refractivity contribution in [3.8, 4) is 0 Å². The van der Waals surface area contributed by atoms with E-state index in [2.05, 4.69) is 12.6 Å². The van der Waals surface area contributed by atoms with Gasteiger partial charge in [-0.05, 0) is 6.92 Å². The maximum atomic E-state index is 10.7. The van der Waals surface area contributed by atoms with E-state index in [0.717, 1.165) is 6.26 Å². The molecule has 0 spiro atoms. The Morgan fingerprint density at radius 2 is 2.08 bits per heavy atom. The van der Waals surface area contributed by atoms with Gasteiger partial charge in [-0.1, -0.05) is 0 Å². The topological polar surface area (TPSA) is 46.6 Å². The third-order valence-corrected chi connectivity index (χ3v) is 2.66. The van der Waals surface area contributed by atoms with Crippen LogP contribution in [-0.4, -0.2) is 44.1 Å². The lowest BCUT2D eigenvalue weighted by molar-refractivity contribution is 0.0214. The summed E-state index contributed by atoms with van der Waals surface area (Å²) in [5.41, 5.74) is 0. The van der Waals surface area contributed by atoms with Crippen molar-refractivity contribution >= 4 is 22.7 Å². The summed E-state index contributed by atoms with van der Waals surface area (Å²) >= 11 is 4.20. The van der Waals surface area contributed by atoms with Gasteiger partial charge in [0.25, 0.3) is 10.1 Å². The van der Waals surface area contributed by atoms with Crippen LogP contribution in [0.5, 0.6) is 0 Å². The van der Waals surface area contributed by atoms with Crippen molar-refractivity contribution in [3.63, 3.8) is 0 Å². The molecule has 1 rings (SSSR count). The molecule has 1 saturated heterocycles. The van der Waals surface area contributed by atoms with E-state index >= 15 is 0 Å². The fraction of sp³-hybridized carbons (Fsp3) is 1.00. The van der Waals surface area contributed by atoms with Gasteiger partial charge in [-0.25, -0.2) is 0 Å². The zero-order valence-electron chi connectivity index (χ0n) is 7.10. The molecule has 1 heterocycles. The first-order chi connectivity index (χ1) is 5.38. The van der Waals surface area contributed by atoms with Gasteiger partial charge in [-0.2, -0.15) is 21.0 Å². The van der Waals surface area contributed by atoms with Crippen LogP contribution in [-0.2, 0) is 14.3 Å². The maximum Gasteiger partial charge on any atom is 0.264 e. The van der Waals surface area contributed by atoms with Gasteiger partial charge >= 0.3 is 0 Å². The number of likely N-dealkylation sites (tertiary alicyclic amines) is 1. The first-order valence-electron chi connectivity index (χ1n) is 3.69. The molecule has 1 unspecified atom stereocenters. The number of rotatable bonds is 3. The molecule has 0 saturated carbocycles. The van der Waals surface area contributed by atoms with E-state index in [4.69, 9.17) is 4.18 Å². The normalized spacial score (nSPS) is 23.6. The molecule has 0 aliphatic carbocycles. The molecular formula is C6H13NO3S2. The first-order valence-corrected chi connectivity index (χ1v) is 6.02. The molecule has 0 aromatic heterocycles. The second kappa shape index (κ2) is 3.53. The van der Waals surface area contributed by atoms with Crippen LogP contribution in [0.15, 0.2) is 0 Å². The van der Waals surface area contributed by atoms with E-state index < -0.39 is 10.1 Å². The average molecular weight is 211 g/mol. The monoisotopic (exact) mass is 211 g/mol. The summed E-state index contributed by atoms with van der Waals surface area (Å²) in [5, 5.41) is 0.171. The van der Waals surface area contributed by atoms with E-state index in [1.807, 2.05) is 11.8 Å². The Labute approximate surface area is 78.4 Å². The van der Waals surface area contributed by atoms with Gasteiger partial charge in [0, 0.05) is 13.1 Å². The maximum absolute atomic E-state index is 10.7. The highest BCUT2D eigenvalue weighted by molar-refractivity contribution is 7.86. The fourth-order valence-corrected chi connectivity index (χ4v) is 1.89. The predicted octanol–water partition coefficient (Wildman–Crippen LogP) is -0.0774. The Morgan fingerprint density at radius 3 is 2.42 bits per heavy atom. The quantitative estimate of drug-likeness (QED) is 0.524. The zero-order valence-corrected chi connectivity index (χ0v) is 8.81. The van der Waals surface area contributed by atoms with E-state index in [1.165, 1.54) is 0 Å². The van der Waals surface area contributed by atoms with Crippen molar-refractivity contribution in [2.75, 3.05) is 19.3 Å². The molecule has 0 aromatic rings. The van der Waals surface area contributed by atoms with Gasteiger partial charge < -0.3 is 0 Å². The minimum atomic E-state index is -3.28. The Bertz CT molecular complexity index is 244. The molecule has 0 radical (unpaired) electrons. The Balaban J connectivity index is 2.27. The molecule has 1 aliphatic rings. The molecule has 1 aliphatic heterocycles. The minimum Gasteiger partial charge on any atom is -0.287 e. The summed E-state index contributed by atoms with van der Waals surface area (Å²) in [6, 6.07) is 0. The van der Waals surface area contributed by atoms with Crippen LogP contribution in [0.4, 0.5) is 0 Å². The molecule has 72 valence electrons. The van der Waals surface area contributed by atoms with Gasteiger partial charge in [0.2, 0.25) is 0 Å². The molecule has 0 N–H and O–H groups in total. The Hall–Kier alpha value is 0.220. The predicted molar refractivity (Wildman–Crippen MR) is 49.7 cm³/mol. The molecule has 0 amide bonds. The van der Waals surface area contributed by atoms with Gasteiger partial charge in [0.15, 0.2) is 0 Å². The van der Waals surface area contributed by atoms with Gasteiger partial charge in [-0.3, -0.25) is 9.08 Å². The summed E-state index contributed by atoms with van der Waals surface area (Å²) in [6.07, 6.45) is 0.898. The lowest BCUT2D eigenvalue weighted by atomic mass is 10.2. The third kappa shape index (κ3) is 2.93. The van der Waals surface area contributed by atoms with Gasteiger partial charge in [-0.15, -0.1) is 0 Å². The average Bonchev–Trinajstić information content (AvgIpc) is 1.74. The highest BCUT2D eigenvalue weighted by Gasteiger charge is 2.31. The second-order valence-electron chi connectivity index (χ2n) is 3.01. The SMILES string of the molecule is CC(S)N1CC(OS(C)(=O)=O)C1. The largest absolute Gasteiger partial charge is 0.287 e. The number of nitrogens with zero attached hydrogens (tertiary/aromatic N) is 1. The summed E-state index contributed by atoms with van der Waals surface area (Å²) in [6.45, 7) is 3.25. The molecule has 12 heavy (non-hydrogen) atoms. The van der Waals surface area contributed by atoms with Crippen molar-refractivity contribution in [2.24, 2.45) is 0 Å². The van der Waals surface area contributed by atoms with E-state index in [-0.39, 0.29) is 11.5 Å². The van der Waals surface area contributed by atoms with Gasteiger partial charge in [0.1, 0.15) is 6.10 Å². The van der Waals surface area contributed by atoms with Crippen molar-refractivity contribution in [2.45, 2.75) is 18.4 Å². The summed E-state index contributed by atoms with van der Waals surface area (Å²) in [4.78, 5) is 2.03. The highest BCUT2D eigenvalue weighted by atomic mass is 32.2. The highest BCUT2D eigenvalue weighted by Crippen LogP contribution is 2.17. The van der Waals surface area contributed by atoms with Crippen molar-refractivity contribution in [1.29, 1.82) is 0 Å². The van der Waals surface area contributed by atoms with E-state index in [1.54, 1.807) is 0 Å². The molecule has 4 nitrogen and oxygen atoms in total. The van der Waals surface area contributed by atoms with Crippen molar-refractivity contribution in [3.05, 3.63) is 0 Å². The summed E-state index contributed by atoms with van der Waals surface area (Å²) in [5.74, 6) is 0. The molecule has 0 aromatic carbocycles. The van der Waals surface area contributed by atoms with Crippen LogP contribution in [0.1, 0.15) is 6.92 Å². The van der Waals surface area contributed by atoms with Crippen LogP contribution in [0.25, 0.3) is 0 Å². The zero-order chi connectivity index (χ0) is 9.35. The molecule has 1 atom stereocenters. The van der Waals surface area contributed by atoms with Crippen molar-refractivity contribution < 1.29 is 12.6 Å². The summed E-state index contributed by atoms with van der Waals surface area (Å²) in [7, 11) is -3.28. The van der Waals surface area contributed by atoms with Crippen LogP contribution in [0, 0.1) is 0 Å². The van der Waals surface area contributed by atoms with E-state index in [9.17, 15) is 8.42 Å². The van der Waals surface area contributed by atoms with Crippen LogP contribution in [0.3, 0.4) is 0 Å². The molecule has 6 heteroatoms. The van der Waals surface area contributed by atoms with Gasteiger partial charge in [0.05, 0.1) is 11.6 Å². The Morgan fingerprint density at radius 1 is 1.58 bits per heavy atom. The number of hydrogen-bond acceptors (Lipinski definition) is 5. The van der Waals surface area contributed by atoms with Crippen LogP contribution >= 0.6 is 12.6 Å². The third-order valence-electron chi connectivity index (χ3n) is 1.72. The summed E-state index contributed by atoms with van der Waals surface area (Å²) < 4.78 is 26.1.